The summed E-state index contributed by atoms with van der Waals surface area (Å²) in [6, 6.07) is 15.6. The Kier molecular flexibility index (Phi) is 6.90. The van der Waals surface area contributed by atoms with Crippen molar-refractivity contribution in [2.45, 2.75) is 64.6 Å². The van der Waals surface area contributed by atoms with Crippen LogP contribution in [0.3, 0.4) is 0 Å². The minimum Gasteiger partial charge on any atom is -0.367 e. The van der Waals surface area contributed by atoms with Crippen LogP contribution in [0.25, 0.3) is 0 Å². The summed E-state index contributed by atoms with van der Waals surface area (Å²) in [4.78, 5) is 29.5. The average molecular weight is 462 g/mol. The van der Waals surface area contributed by atoms with Crippen molar-refractivity contribution in [3.05, 3.63) is 65.2 Å². The quantitative estimate of drug-likeness (QED) is 0.557. The van der Waals surface area contributed by atoms with E-state index in [-0.39, 0.29) is 24.3 Å². The Balaban J connectivity index is 1.72. The van der Waals surface area contributed by atoms with Crippen LogP contribution < -0.4 is 11.1 Å². The number of aryl methyl sites for hydroxylation is 2. The number of nitrogens with one attached hydrogen (secondary N) is 1. The molecule has 0 aliphatic heterocycles. The lowest BCUT2D eigenvalue weighted by atomic mass is 9.78. The monoisotopic (exact) mass is 461 g/mol. The maximum atomic E-state index is 14.0. The van der Waals surface area contributed by atoms with Crippen molar-refractivity contribution >= 4 is 23.5 Å². The average Bonchev–Trinajstić information content (AvgIpc) is 3.25. The molecule has 1 saturated carbocycles. The molecule has 0 radical (unpaired) electrons. The number of hydrogen-bond acceptors (Lipinski definition) is 6. The molecule has 4 rings (SSSR count). The number of para-hydroxylation sites is 1. The van der Waals surface area contributed by atoms with Crippen LogP contribution in [0.15, 0.2) is 48.5 Å². The molecule has 9 nitrogen and oxygen atoms in total. The first-order valence-corrected chi connectivity index (χ1v) is 11.6. The summed E-state index contributed by atoms with van der Waals surface area (Å²) >= 11 is 0. The number of aromatic nitrogens is 4. The van der Waals surface area contributed by atoms with Crippen molar-refractivity contribution < 1.29 is 9.59 Å². The second kappa shape index (κ2) is 10.0. The number of carbonyl (C=O) groups excluding carboxylic acids is 2. The smallest absolute Gasteiger partial charge is 0.250 e. The highest BCUT2D eigenvalue weighted by molar-refractivity contribution is 6.01. The molecule has 34 heavy (non-hydrogen) atoms. The van der Waals surface area contributed by atoms with Crippen molar-refractivity contribution in [1.82, 2.24) is 25.1 Å². The molecule has 3 aromatic rings. The van der Waals surface area contributed by atoms with E-state index in [2.05, 4.69) is 20.8 Å². The van der Waals surface area contributed by atoms with Crippen molar-refractivity contribution in [2.24, 2.45) is 0 Å². The Bertz CT molecular complexity index is 1130. The van der Waals surface area contributed by atoms with E-state index in [9.17, 15) is 9.59 Å². The molecule has 0 atom stereocenters. The van der Waals surface area contributed by atoms with Crippen molar-refractivity contribution in [3.63, 3.8) is 0 Å². The largest absolute Gasteiger partial charge is 0.367 e. The van der Waals surface area contributed by atoms with Gasteiger partial charge in [0.25, 0.3) is 0 Å². The minimum absolute atomic E-state index is 0.0608. The standard InChI is InChI=1S/C25H31N7O2/c1-18-10-9-11-19(2)22(18)27-23(34)25(14-7-4-8-15-25)31(16-20-12-5-3-6-13-20)21(33)17-32-24(26)28-29-30-32/h3,5-6,9-13H,4,7-8,14-17H2,1-2H3,(H,27,34)(H2,26,28,30). The predicted octanol–water partition coefficient (Wildman–Crippen LogP) is 3.24. The maximum Gasteiger partial charge on any atom is 0.250 e. The third kappa shape index (κ3) is 4.78. The van der Waals surface area contributed by atoms with Crippen molar-refractivity contribution in [1.29, 1.82) is 0 Å². The number of tetrazole rings is 1. The van der Waals surface area contributed by atoms with Crippen LogP contribution >= 0.6 is 0 Å². The fourth-order valence-electron chi connectivity index (χ4n) is 4.78. The normalized spacial score (nSPS) is 15.0. The molecule has 0 unspecified atom stereocenters. The first-order chi connectivity index (χ1) is 16.4. The summed E-state index contributed by atoms with van der Waals surface area (Å²) in [5, 5.41) is 14.2. The molecule has 1 heterocycles. The Morgan fingerprint density at radius 2 is 1.71 bits per heavy atom. The number of anilines is 2. The molecule has 0 bridgehead atoms. The molecule has 178 valence electrons. The second-order valence-corrected chi connectivity index (χ2v) is 8.97. The van der Waals surface area contributed by atoms with E-state index < -0.39 is 5.54 Å². The van der Waals surface area contributed by atoms with Gasteiger partial charge in [0, 0.05) is 12.2 Å². The molecule has 0 spiro atoms. The topological polar surface area (TPSA) is 119 Å². The molecule has 1 aliphatic rings. The fraction of sp³-hybridized carbons (Fsp3) is 0.400. The van der Waals surface area contributed by atoms with Crippen LogP contribution in [0.2, 0.25) is 0 Å². The second-order valence-electron chi connectivity index (χ2n) is 8.97. The van der Waals surface area contributed by atoms with Crippen LogP contribution in [0.1, 0.15) is 48.8 Å². The summed E-state index contributed by atoms with van der Waals surface area (Å²) in [6.07, 6.45) is 3.95. The zero-order valence-corrected chi connectivity index (χ0v) is 19.7. The first kappa shape index (κ1) is 23.4. The van der Waals surface area contributed by atoms with Gasteiger partial charge in [0.15, 0.2) is 0 Å². The van der Waals surface area contributed by atoms with Gasteiger partial charge in [-0.15, -0.1) is 0 Å². The zero-order valence-electron chi connectivity index (χ0n) is 19.7. The van der Waals surface area contributed by atoms with Gasteiger partial charge in [-0.1, -0.05) is 72.9 Å². The highest BCUT2D eigenvalue weighted by atomic mass is 16.2. The van der Waals surface area contributed by atoms with E-state index in [1.165, 1.54) is 4.68 Å². The molecule has 1 fully saturated rings. The van der Waals surface area contributed by atoms with E-state index in [0.717, 1.165) is 41.6 Å². The number of nitrogen functional groups attached to an aromatic ring is 1. The molecule has 0 saturated heterocycles. The van der Waals surface area contributed by atoms with E-state index >= 15 is 0 Å². The van der Waals surface area contributed by atoms with E-state index in [4.69, 9.17) is 5.73 Å². The first-order valence-electron chi connectivity index (χ1n) is 11.6. The van der Waals surface area contributed by atoms with Gasteiger partial charge >= 0.3 is 0 Å². The Hall–Kier alpha value is -3.75. The molecule has 1 aromatic heterocycles. The molecule has 1 aliphatic carbocycles. The van der Waals surface area contributed by atoms with Crippen LogP contribution in [-0.4, -0.2) is 42.5 Å². The minimum atomic E-state index is -0.983. The fourth-order valence-corrected chi connectivity index (χ4v) is 4.78. The van der Waals surface area contributed by atoms with Crippen LogP contribution in [0.4, 0.5) is 11.6 Å². The number of nitrogens with zero attached hydrogens (tertiary/aromatic N) is 5. The number of rotatable bonds is 7. The molecule has 2 amide bonds. The summed E-state index contributed by atoms with van der Waals surface area (Å²) < 4.78 is 1.26. The number of carbonyl (C=O) groups is 2. The number of nitrogens with two attached hydrogens (primary N) is 1. The van der Waals surface area contributed by atoms with Crippen molar-refractivity contribution in [3.8, 4) is 0 Å². The molecular weight excluding hydrogens is 430 g/mol. The molecule has 2 aromatic carbocycles. The number of benzene rings is 2. The molecular formula is C25H31N7O2. The van der Waals surface area contributed by atoms with Gasteiger partial charge in [0.2, 0.25) is 17.8 Å². The number of amides is 2. The van der Waals surface area contributed by atoms with Gasteiger partial charge in [-0.25, -0.2) is 4.68 Å². The van der Waals surface area contributed by atoms with Gasteiger partial charge in [0.1, 0.15) is 12.1 Å². The Labute approximate surface area is 199 Å². The van der Waals surface area contributed by atoms with Gasteiger partial charge in [-0.2, -0.15) is 0 Å². The highest BCUT2D eigenvalue weighted by Gasteiger charge is 2.47. The van der Waals surface area contributed by atoms with Gasteiger partial charge in [-0.05, 0) is 53.8 Å². The van der Waals surface area contributed by atoms with E-state index in [1.54, 1.807) is 4.90 Å². The summed E-state index contributed by atoms with van der Waals surface area (Å²) in [7, 11) is 0. The lowest BCUT2D eigenvalue weighted by Gasteiger charge is -2.45. The highest BCUT2D eigenvalue weighted by Crippen LogP contribution is 2.37. The Morgan fingerprint density at radius 3 is 2.32 bits per heavy atom. The number of hydrogen-bond donors (Lipinski definition) is 2. The lowest BCUT2D eigenvalue weighted by molar-refractivity contribution is -0.149. The third-order valence-corrected chi connectivity index (χ3v) is 6.67. The zero-order chi connectivity index (χ0) is 24.1. The predicted molar refractivity (Wildman–Crippen MR) is 130 cm³/mol. The molecule has 9 heteroatoms. The SMILES string of the molecule is Cc1cccc(C)c1NC(=O)C1(N(Cc2ccccc2)C(=O)Cn2nnnc2N)CCCCC1. The summed E-state index contributed by atoms with van der Waals surface area (Å²) in [6.45, 7) is 4.12. The van der Waals surface area contributed by atoms with E-state index in [0.29, 0.717) is 19.4 Å². The lowest BCUT2D eigenvalue weighted by Crippen LogP contribution is -2.60. The molecule has 3 N–H and O–H groups in total. The van der Waals surface area contributed by atoms with Crippen LogP contribution in [0, 0.1) is 13.8 Å². The summed E-state index contributed by atoms with van der Waals surface area (Å²) in [5.74, 6) is -0.342. The van der Waals surface area contributed by atoms with E-state index in [1.807, 2.05) is 62.4 Å². The van der Waals surface area contributed by atoms with Crippen molar-refractivity contribution in [2.75, 3.05) is 11.1 Å². The third-order valence-electron chi connectivity index (χ3n) is 6.67. The van der Waals surface area contributed by atoms with Crippen LogP contribution in [0.5, 0.6) is 0 Å². The van der Waals surface area contributed by atoms with Crippen LogP contribution in [-0.2, 0) is 22.7 Å². The van der Waals surface area contributed by atoms with Gasteiger partial charge < -0.3 is 16.0 Å². The van der Waals surface area contributed by atoms with Gasteiger partial charge in [-0.3, -0.25) is 9.59 Å². The Morgan fingerprint density at radius 1 is 1.03 bits per heavy atom. The summed E-state index contributed by atoms with van der Waals surface area (Å²) in [5.41, 5.74) is 8.57. The van der Waals surface area contributed by atoms with Gasteiger partial charge in [0.05, 0.1) is 0 Å². The maximum absolute atomic E-state index is 14.0.